The van der Waals surface area contributed by atoms with Crippen LogP contribution in [0.1, 0.15) is 6.42 Å². The van der Waals surface area contributed by atoms with Crippen LogP contribution in [0.5, 0.6) is 0 Å². The zero-order chi connectivity index (χ0) is 8.43. The highest BCUT2D eigenvalue weighted by Crippen LogP contribution is 2.17. The smallest absolute Gasteiger partial charge is 0.103 e. The minimum Gasteiger partial charge on any atom is -0.392 e. The second kappa shape index (κ2) is 3.32. The van der Waals surface area contributed by atoms with Crippen LogP contribution in [0.3, 0.4) is 0 Å². The molecule has 0 aromatic heterocycles. The summed E-state index contributed by atoms with van der Waals surface area (Å²) in [6.07, 6.45) is 0.166. The molecule has 5 N–H and O–H groups in total. The van der Waals surface area contributed by atoms with E-state index in [4.69, 9.17) is 15.9 Å². The van der Waals surface area contributed by atoms with Crippen molar-refractivity contribution in [2.45, 2.75) is 24.7 Å². The number of hydrogen-bond acceptors (Lipinski definition) is 4. The average Bonchev–Trinajstić information content (AvgIpc) is 1.96. The van der Waals surface area contributed by atoms with Gasteiger partial charge in [-0.3, -0.25) is 0 Å². The van der Waals surface area contributed by atoms with Gasteiger partial charge >= 0.3 is 0 Å². The Morgan fingerprint density at radius 3 is 2.73 bits per heavy atom. The van der Waals surface area contributed by atoms with E-state index in [9.17, 15) is 5.11 Å². The van der Waals surface area contributed by atoms with Crippen LogP contribution >= 0.6 is 0 Å². The number of aliphatic hydroxyl groups excluding tert-OH is 3. The molecule has 0 fully saturated rings. The third kappa shape index (κ3) is 1.78. The third-order valence-electron chi connectivity index (χ3n) is 1.87. The van der Waals surface area contributed by atoms with E-state index in [2.05, 4.69) is 0 Å². The van der Waals surface area contributed by atoms with E-state index in [0.717, 1.165) is 0 Å². The van der Waals surface area contributed by atoms with Crippen molar-refractivity contribution in [3.63, 3.8) is 0 Å². The summed E-state index contributed by atoms with van der Waals surface area (Å²) in [6.45, 7) is -0.244. The molecule has 0 aromatic carbocycles. The van der Waals surface area contributed by atoms with Crippen molar-refractivity contribution < 1.29 is 15.3 Å². The van der Waals surface area contributed by atoms with Crippen LogP contribution < -0.4 is 5.73 Å². The molecule has 0 saturated heterocycles. The number of hydrogen-bond donors (Lipinski definition) is 4. The molecule has 0 aliphatic heterocycles. The molecule has 11 heavy (non-hydrogen) atoms. The predicted molar refractivity (Wildman–Crippen MR) is 39.8 cm³/mol. The van der Waals surface area contributed by atoms with Gasteiger partial charge in [0.25, 0.3) is 0 Å². The van der Waals surface area contributed by atoms with E-state index in [-0.39, 0.29) is 12.6 Å². The Morgan fingerprint density at radius 2 is 2.18 bits per heavy atom. The van der Waals surface area contributed by atoms with Gasteiger partial charge in [-0.2, -0.15) is 0 Å². The first-order valence-electron chi connectivity index (χ1n) is 3.58. The van der Waals surface area contributed by atoms with Crippen molar-refractivity contribution in [3.05, 3.63) is 11.6 Å². The maximum atomic E-state index is 9.22. The van der Waals surface area contributed by atoms with Gasteiger partial charge in [0.05, 0.1) is 12.7 Å². The molecular formula is C7H13NO3. The van der Waals surface area contributed by atoms with Gasteiger partial charge in [-0.15, -0.1) is 0 Å². The minimum absolute atomic E-state index is 0.244. The van der Waals surface area contributed by atoms with Gasteiger partial charge in [0.1, 0.15) is 6.10 Å². The van der Waals surface area contributed by atoms with Crippen molar-refractivity contribution >= 4 is 0 Å². The zero-order valence-electron chi connectivity index (χ0n) is 6.14. The molecule has 0 radical (unpaired) electrons. The summed E-state index contributed by atoms with van der Waals surface area (Å²) >= 11 is 0. The fourth-order valence-corrected chi connectivity index (χ4v) is 1.24. The lowest BCUT2D eigenvalue weighted by Gasteiger charge is -2.27. The number of rotatable bonds is 1. The van der Waals surface area contributed by atoms with Crippen molar-refractivity contribution in [3.8, 4) is 0 Å². The topological polar surface area (TPSA) is 86.7 Å². The zero-order valence-corrected chi connectivity index (χ0v) is 6.14. The molecule has 3 atom stereocenters. The summed E-state index contributed by atoms with van der Waals surface area (Å²) < 4.78 is 0. The third-order valence-corrected chi connectivity index (χ3v) is 1.87. The van der Waals surface area contributed by atoms with Crippen molar-refractivity contribution in [1.29, 1.82) is 0 Å². The number of aliphatic hydroxyl groups is 3. The van der Waals surface area contributed by atoms with Crippen molar-refractivity contribution in [1.82, 2.24) is 0 Å². The first-order chi connectivity index (χ1) is 5.15. The van der Waals surface area contributed by atoms with Crippen molar-refractivity contribution in [2.24, 2.45) is 5.73 Å². The highest BCUT2D eigenvalue weighted by Gasteiger charge is 2.26. The molecule has 0 aromatic rings. The second-order valence-corrected chi connectivity index (χ2v) is 2.81. The van der Waals surface area contributed by atoms with Crippen LogP contribution in [0, 0.1) is 0 Å². The van der Waals surface area contributed by atoms with Crippen LogP contribution in [-0.2, 0) is 0 Å². The Morgan fingerprint density at radius 1 is 1.55 bits per heavy atom. The molecule has 0 bridgehead atoms. The first-order valence-corrected chi connectivity index (χ1v) is 3.58. The van der Waals surface area contributed by atoms with Gasteiger partial charge in [0.15, 0.2) is 0 Å². The highest BCUT2D eigenvalue weighted by molar-refractivity contribution is 5.17. The maximum Gasteiger partial charge on any atom is 0.103 e. The number of nitrogens with two attached hydrogens (primary N) is 1. The average molecular weight is 159 g/mol. The summed E-state index contributed by atoms with van der Waals surface area (Å²) in [7, 11) is 0. The summed E-state index contributed by atoms with van der Waals surface area (Å²) in [4.78, 5) is 0. The summed E-state index contributed by atoms with van der Waals surface area (Å²) in [5, 5.41) is 27.1. The van der Waals surface area contributed by atoms with E-state index in [1.54, 1.807) is 6.08 Å². The normalized spacial score (nSPS) is 38.5. The highest BCUT2D eigenvalue weighted by atomic mass is 16.3. The van der Waals surface area contributed by atoms with E-state index < -0.39 is 12.2 Å². The van der Waals surface area contributed by atoms with Crippen LogP contribution in [0.4, 0.5) is 0 Å². The molecule has 0 heterocycles. The SMILES string of the molecule is N[C@H]1C=C(CO)[C@@H](O)C(O)C1. The molecule has 1 aliphatic rings. The fourth-order valence-electron chi connectivity index (χ4n) is 1.24. The van der Waals surface area contributed by atoms with Gasteiger partial charge in [-0.05, 0) is 12.0 Å². The van der Waals surface area contributed by atoms with Gasteiger partial charge in [-0.1, -0.05) is 6.08 Å². The molecule has 0 spiro atoms. The Balaban J connectivity index is 2.72. The van der Waals surface area contributed by atoms with Crippen LogP contribution in [0.15, 0.2) is 11.6 Å². The van der Waals surface area contributed by atoms with E-state index in [1.165, 1.54) is 0 Å². The molecule has 0 saturated carbocycles. The van der Waals surface area contributed by atoms with E-state index >= 15 is 0 Å². The van der Waals surface area contributed by atoms with Gasteiger partial charge in [0.2, 0.25) is 0 Å². The second-order valence-electron chi connectivity index (χ2n) is 2.81. The van der Waals surface area contributed by atoms with Crippen LogP contribution in [-0.4, -0.2) is 40.2 Å². The standard InChI is InChI=1S/C7H13NO3/c8-5-1-4(3-9)7(11)6(10)2-5/h1,5-7,9-11H,2-3,8H2/t5-,6?,7+/m0/s1. The minimum atomic E-state index is -0.945. The molecule has 0 amide bonds. The molecule has 64 valence electrons. The Labute approximate surface area is 65.0 Å². The van der Waals surface area contributed by atoms with Gasteiger partial charge in [0, 0.05) is 6.04 Å². The predicted octanol–water partition coefficient (Wildman–Crippen LogP) is -1.64. The lowest BCUT2D eigenvalue weighted by Crippen LogP contribution is -2.39. The quantitative estimate of drug-likeness (QED) is 0.345. The lowest BCUT2D eigenvalue weighted by molar-refractivity contribution is 0.0219. The van der Waals surface area contributed by atoms with Gasteiger partial charge < -0.3 is 21.1 Å². The molecule has 4 heteroatoms. The lowest BCUT2D eigenvalue weighted by atomic mass is 9.91. The first kappa shape index (κ1) is 8.67. The molecule has 1 rings (SSSR count). The molecule has 1 unspecified atom stereocenters. The molecule has 1 aliphatic carbocycles. The summed E-state index contributed by atoms with van der Waals surface area (Å²) in [5.74, 6) is 0. The van der Waals surface area contributed by atoms with Crippen molar-refractivity contribution in [2.75, 3.05) is 6.61 Å². The van der Waals surface area contributed by atoms with Crippen LogP contribution in [0.2, 0.25) is 0 Å². The monoisotopic (exact) mass is 159 g/mol. The Hall–Kier alpha value is -0.420. The Bertz CT molecular complexity index is 169. The maximum absolute atomic E-state index is 9.22. The summed E-state index contributed by atoms with van der Waals surface area (Å²) in [6, 6.07) is -0.254. The van der Waals surface area contributed by atoms with E-state index in [1.807, 2.05) is 0 Å². The van der Waals surface area contributed by atoms with Gasteiger partial charge in [-0.25, -0.2) is 0 Å². The molecule has 4 nitrogen and oxygen atoms in total. The fraction of sp³-hybridized carbons (Fsp3) is 0.714. The Kier molecular flexibility index (Phi) is 2.62. The molecular weight excluding hydrogens is 146 g/mol. The largest absolute Gasteiger partial charge is 0.392 e. The van der Waals surface area contributed by atoms with Crippen LogP contribution in [0.25, 0.3) is 0 Å². The summed E-state index contributed by atoms with van der Waals surface area (Å²) in [5.41, 5.74) is 5.91. The van der Waals surface area contributed by atoms with E-state index in [0.29, 0.717) is 12.0 Å².